The van der Waals surface area contributed by atoms with Gasteiger partial charge in [-0.25, -0.2) is 0 Å². The van der Waals surface area contributed by atoms with Gasteiger partial charge in [-0.3, -0.25) is 0 Å². The maximum atomic E-state index is 5.55. The molecule has 0 unspecified atom stereocenters. The zero-order valence-electron chi connectivity index (χ0n) is 13.6. The molecule has 0 bridgehead atoms. The Hall–Kier alpha value is -0.540. The molecular formula is C16H33NO2. The lowest BCUT2D eigenvalue weighted by Gasteiger charge is -2.24. The molecule has 0 aromatic heterocycles. The number of hydrogen-bond donors (Lipinski definition) is 0. The van der Waals surface area contributed by atoms with Gasteiger partial charge in [-0.2, -0.15) is 0 Å². The fraction of sp³-hybridized carbons (Fsp3) is 0.875. The standard InChI is InChI=1S/C16H33NO2/c1-14(2)8-7-10-18-12-13-19-11-9-17(6)16(5)15(3)4/h14-15H,5,7-13H2,1-4,6H3. The fourth-order valence-corrected chi connectivity index (χ4v) is 1.70. The molecule has 0 fully saturated rings. The lowest BCUT2D eigenvalue weighted by molar-refractivity contribution is 0.0408. The average molecular weight is 271 g/mol. The zero-order chi connectivity index (χ0) is 14.7. The molecule has 114 valence electrons. The maximum Gasteiger partial charge on any atom is 0.0701 e. The van der Waals surface area contributed by atoms with Crippen LogP contribution >= 0.6 is 0 Å². The molecular weight excluding hydrogens is 238 g/mol. The number of rotatable bonds is 12. The highest BCUT2D eigenvalue weighted by Gasteiger charge is 2.05. The van der Waals surface area contributed by atoms with Crippen molar-refractivity contribution in [2.45, 2.75) is 40.5 Å². The average Bonchev–Trinajstić information content (AvgIpc) is 2.35. The number of allylic oxidation sites excluding steroid dienone is 1. The van der Waals surface area contributed by atoms with Crippen molar-refractivity contribution in [3.05, 3.63) is 12.3 Å². The Labute approximate surface area is 120 Å². The van der Waals surface area contributed by atoms with E-state index in [-0.39, 0.29) is 0 Å². The predicted molar refractivity (Wildman–Crippen MR) is 82.3 cm³/mol. The van der Waals surface area contributed by atoms with Gasteiger partial charge in [-0.05, 0) is 24.7 Å². The molecule has 0 saturated heterocycles. The molecule has 0 rings (SSSR count). The number of likely N-dealkylation sites (N-methyl/N-ethyl adjacent to an activating group) is 1. The van der Waals surface area contributed by atoms with E-state index in [4.69, 9.17) is 9.47 Å². The second kappa shape index (κ2) is 11.3. The van der Waals surface area contributed by atoms with E-state index in [0.29, 0.717) is 19.1 Å². The molecule has 0 aromatic rings. The third-order valence-corrected chi connectivity index (χ3v) is 3.17. The molecule has 0 aliphatic rings. The van der Waals surface area contributed by atoms with Gasteiger partial charge in [0.05, 0.1) is 19.8 Å². The highest BCUT2D eigenvalue weighted by molar-refractivity contribution is 4.95. The molecule has 0 saturated carbocycles. The Morgan fingerprint density at radius 3 is 2.11 bits per heavy atom. The molecule has 0 radical (unpaired) electrons. The van der Waals surface area contributed by atoms with E-state index >= 15 is 0 Å². The SMILES string of the molecule is C=C(C(C)C)N(C)CCOCCOCCCC(C)C. The van der Waals surface area contributed by atoms with Gasteiger partial charge in [0.15, 0.2) is 0 Å². The summed E-state index contributed by atoms with van der Waals surface area (Å²) in [4.78, 5) is 2.16. The molecule has 3 heteroatoms. The van der Waals surface area contributed by atoms with E-state index in [1.54, 1.807) is 0 Å². The van der Waals surface area contributed by atoms with Crippen LogP contribution in [0.25, 0.3) is 0 Å². The first kappa shape index (κ1) is 18.5. The summed E-state index contributed by atoms with van der Waals surface area (Å²) in [5, 5.41) is 0. The molecule has 19 heavy (non-hydrogen) atoms. The van der Waals surface area contributed by atoms with E-state index < -0.39 is 0 Å². The van der Waals surface area contributed by atoms with Crippen LogP contribution in [-0.2, 0) is 9.47 Å². The van der Waals surface area contributed by atoms with Gasteiger partial charge >= 0.3 is 0 Å². The predicted octanol–water partition coefficient (Wildman–Crippen LogP) is 3.56. The Morgan fingerprint density at radius 2 is 1.58 bits per heavy atom. The highest BCUT2D eigenvalue weighted by atomic mass is 16.5. The fourth-order valence-electron chi connectivity index (χ4n) is 1.70. The molecule has 0 aliphatic carbocycles. The van der Waals surface area contributed by atoms with E-state index in [2.05, 4.69) is 46.2 Å². The Kier molecular flexibility index (Phi) is 11.0. The van der Waals surface area contributed by atoms with E-state index in [1.807, 2.05) is 0 Å². The van der Waals surface area contributed by atoms with Crippen LogP contribution < -0.4 is 0 Å². The molecule has 0 aliphatic heterocycles. The minimum absolute atomic E-state index is 0.495. The largest absolute Gasteiger partial charge is 0.379 e. The number of nitrogens with zero attached hydrogens (tertiary/aromatic N) is 1. The van der Waals surface area contributed by atoms with Gasteiger partial charge in [0.25, 0.3) is 0 Å². The third kappa shape index (κ3) is 11.0. The summed E-state index contributed by atoms with van der Waals surface area (Å²) >= 11 is 0. The first-order valence-electron chi connectivity index (χ1n) is 7.50. The topological polar surface area (TPSA) is 21.7 Å². The van der Waals surface area contributed by atoms with E-state index in [0.717, 1.165) is 37.8 Å². The normalized spacial score (nSPS) is 11.3. The van der Waals surface area contributed by atoms with Gasteiger partial charge in [0, 0.05) is 25.9 Å². The Morgan fingerprint density at radius 1 is 1.00 bits per heavy atom. The molecule has 0 aromatic carbocycles. The highest BCUT2D eigenvalue weighted by Crippen LogP contribution is 2.09. The molecule has 0 amide bonds. The summed E-state index contributed by atoms with van der Waals surface area (Å²) in [7, 11) is 2.06. The van der Waals surface area contributed by atoms with Crippen LogP contribution in [0.4, 0.5) is 0 Å². The Balaban J connectivity index is 3.29. The van der Waals surface area contributed by atoms with Gasteiger partial charge in [-0.1, -0.05) is 34.3 Å². The zero-order valence-corrected chi connectivity index (χ0v) is 13.6. The Bertz CT molecular complexity index is 227. The van der Waals surface area contributed by atoms with Gasteiger partial charge in [0.2, 0.25) is 0 Å². The maximum absolute atomic E-state index is 5.55. The first-order chi connectivity index (χ1) is 8.95. The summed E-state index contributed by atoms with van der Waals surface area (Å²) in [6.45, 7) is 16.7. The van der Waals surface area contributed by atoms with Crippen molar-refractivity contribution < 1.29 is 9.47 Å². The van der Waals surface area contributed by atoms with Crippen LogP contribution in [-0.4, -0.2) is 44.9 Å². The van der Waals surface area contributed by atoms with Crippen molar-refractivity contribution in [3.63, 3.8) is 0 Å². The summed E-state index contributed by atoms with van der Waals surface area (Å²) < 4.78 is 11.1. The third-order valence-electron chi connectivity index (χ3n) is 3.17. The van der Waals surface area contributed by atoms with Gasteiger partial charge in [-0.15, -0.1) is 0 Å². The quantitative estimate of drug-likeness (QED) is 0.507. The summed E-state index contributed by atoms with van der Waals surface area (Å²) in [6.07, 6.45) is 2.39. The molecule has 0 heterocycles. The van der Waals surface area contributed by atoms with Gasteiger partial charge in [0.1, 0.15) is 0 Å². The van der Waals surface area contributed by atoms with Gasteiger partial charge < -0.3 is 14.4 Å². The van der Waals surface area contributed by atoms with Crippen molar-refractivity contribution >= 4 is 0 Å². The van der Waals surface area contributed by atoms with Crippen LogP contribution in [0.3, 0.4) is 0 Å². The van der Waals surface area contributed by atoms with Crippen molar-refractivity contribution in [3.8, 4) is 0 Å². The van der Waals surface area contributed by atoms with Crippen molar-refractivity contribution in [2.75, 3.05) is 40.0 Å². The molecule has 0 spiro atoms. The van der Waals surface area contributed by atoms with Crippen LogP contribution in [0.15, 0.2) is 12.3 Å². The molecule has 0 N–H and O–H groups in total. The summed E-state index contributed by atoms with van der Waals surface area (Å²) in [6, 6.07) is 0. The van der Waals surface area contributed by atoms with Crippen LogP contribution in [0, 0.1) is 11.8 Å². The second-order valence-corrected chi connectivity index (χ2v) is 5.83. The van der Waals surface area contributed by atoms with E-state index in [1.165, 1.54) is 6.42 Å². The minimum Gasteiger partial charge on any atom is -0.379 e. The minimum atomic E-state index is 0.495. The lowest BCUT2D eigenvalue weighted by atomic mass is 10.1. The summed E-state index contributed by atoms with van der Waals surface area (Å²) in [5.41, 5.74) is 1.16. The van der Waals surface area contributed by atoms with Crippen molar-refractivity contribution in [2.24, 2.45) is 11.8 Å². The van der Waals surface area contributed by atoms with Crippen LogP contribution in [0.1, 0.15) is 40.5 Å². The van der Waals surface area contributed by atoms with Crippen molar-refractivity contribution in [1.82, 2.24) is 4.90 Å². The summed E-state index contributed by atoms with van der Waals surface area (Å²) in [5.74, 6) is 1.26. The van der Waals surface area contributed by atoms with Crippen LogP contribution in [0.2, 0.25) is 0 Å². The molecule has 0 atom stereocenters. The van der Waals surface area contributed by atoms with Crippen LogP contribution in [0.5, 0.6) is 0 Å². The number of ether oxygens (including phenoxy) is 2. The first-order valence-corrected chi connectivity index (χ1v) is 7.50. The van der Waals surface area contributed by atoms with E-state index in [9.17, 15) is 0 Å². The second-order valence-electron chi connectivity index (χ2n) is 5.83. The monoisotopic (exact) mass is 271 g/mol. The van der Waals surface area contributed by atoms with Crippen molar-refractivity contribution in [1.29, 1.82) is 0 Å². The number of hydrogen-bond acceptors (Lipinski definition) is 3. The lowest BCUT2D eigenvalue weighted by Crippen LogP contribution is -2.25. The molecule has 3 nitrogen and oxygen atoms in total. The smallest absolute Gasteiger partial charge is 0.0701 e.